The summed E-state index contributed by atoms with van der Waals surface area (Å²) in [5.41, 5.74) is 4.51. The van der Waals surface area contributed by atoms with Crippen molar-refractivity contribution in [3.05, 3.63) is 89.5 Å². The molecule has 1 aliphatic rings. The van der Waals surface area contributed by atoms with Crippen molar-refractivity contribution in [2.45, 2.75) is 44.8 Å². The minimum Gasteiger partial charge on any atom is -0.492 e. The third kappa shape index (κ3) is 7.53. The topological polar surface area (TPSA) is 123 Å². The average Bonchev–Trinajstić information content (AvgIpc) is 3.23. The molecule has 3 aromatic rings. The van der Waals surface area contributed by atoms with Crippen molar-refractivity contribution in [2.75, 3.05) is 19.8 Å². The van der Waals surface area contributed by atoms with Crippen LogP contribution in [0.2, 0.25) is 0 Å². The molecule has 1 aliphatic carbocycles. The molecule has 0 saturated heterocycles. The van der Waals surface area contributed by atoms with Gasteiger partial charge < -0.3 is 30.0 Å². The molecule has 0 fully saturated rings. The van der Waals surface area contributed by atoms with Gasteiger partial charge in [0.25, 0.3) is 0 Å². The van der Waals surface area contributed by atoms with E-state index in [-0.39, 0.29) is 32.1 Å². The highest BCUT2D eigenvalue weighted by Crippen LogP contribution is 2.44. The van der Waals surface area contributed by atoms with Crippen LogP contribution in [0.5, 0.6) is 5.75 Å². The smallest absolute Gasteiger partial charge is 0.407 e. The van der Waals surface area contributed by atoms with E-state index in [2.05, 4.69) is 10.6 Å². The van der Waals surface area contributed by atoms with Gasteiger partial charge in [-0.2, -0.15) is 0 Å². The molecule has 40 heavy (non-hydrogen) atoms. The fourth-order valence-electron chi connectivity index (χ4n) is 4.58. The summed E-state index contributed by atoms with van der Waals surface area (Å²) in [5, 5.41) is 14.8. The Hall–Kier alpha value is -4.53. The van der Waals surface area contributed by atoms with Gasteiger partial charge in [0.15, 0.2) is 0 Å². The number of alkyl carbamates (subject to hydrolysis) is 2. The molecule has 0 radical (unpaired) electrons. The molecule has 0 unspecified atom stereocenters. The second kappa shape index (κ2) is 12.5. The number of carbonyl (C=O) groups is 3. The highest BCUT2D eigenvalue weighted by atomic mass is 16.6. The quantitative estimate of drug-likeness (QED) is 0.302. The highest BCUT2D eigenvalue weighted by Gasteiger charge is 2.29. The summed E-state index contributed by atoms with van der Waals surface area (Å²) in [4.78, 5) is 36.1. The van der Waals surface area contributed by atoms with Crippen LogP contribution in [0.1, 0.15) is 43.4 Å². The maximum absolute atomic E-state index is 12.6. The SMILES string of the molecule is CC(C)(C)OC(=O)NCCOc1ccc(C[C@H](NC(=O)OCC2c3ccccc3-c3ccccc32)C(=O)O)cc1. The zero-order valence-electron chi connectivity index (χ0n) is 22.8. The normalized spacial score (nSPS) is 13.0. The number of rotatable bonds is 10. The Morgan fingerprint density at radius 1 is 0.875 bits per heavy atom. The van der Waals surface area contributed by atoms with Gasteiger partial charge in [0, 0.05) is 12.3 Å². The van der Waals surface area contributed by atoms with Gasteiger partial charge in [-0.25, -0.2) is 14.4 Å². The summed E-state index contributed by atoms with van der Waals surface area (Å²) in [6, 6.07) is 21.7. The molecule has 3 N–H and O–H groups in total. The fourth-order valence-corrected chi connectivity index (χ4v) is 4.58. The summed E-state index contributed by atoms with van der Waals surface area (Å²) < 4.78 is 16.3. The Kier molecular flexibility index (Phi) is 8.93. The summed E-state index contributed by atoms with van der Waals surface area (Å²) >= 11 is 0. The van der Waals surface area contributed by atoms with Crippen LogP contribution in [-0.2, 0) is 20.7 Å². The van der Waals surface area contributed by atoms with Gasteiger partial charge in [0.2, 0.25) is 0 Å². The van der Waals surface area contributed by atoms with Crippen molar-refractivity contribution >= 4 is 18.2 Å². The predicted molar refractivity (Wildman–Crippen MR) is 150 cm³/mol. The number of aliphatic carboxylic acids is 1. The van der Waals surface area contributed by atoms with E-state index >= 15 is 0 Å². The first-order valence-electron chi connectivity index (χ1n) is 13.1. The molecular weight excluding hydrogens is 512 g/mol. The molecule has 2 amide bonds. The lowest BCUT2D eigenvalue weighted by Crippen LogP contribution is -2.42. The maximum atomic E-state index is 12.6. The van der Waals surface area contributed by atoms with E-state index < -0.39 is 29.8 Å². The molecule has 0 heterocycles. The molecular formula is C31H34N2O7. The van der Waals surface area contributed by atoms with Crippen LogP contribution in [0.15, 0.2) is 72.8 Å². The zero-order valence-corrected chi connectivity index (χ0v) is 22.8. The van der Waals surface area contributed by atoms with Crippen LogP contribution in [0, 0.1) is 0 Å². The summed E-state index contributed by atoms with van der Waals surface area (Å²) in [6.45, 7) is 5.95. The molecule has 210 valence electrons. The fraction of sp³-hybridized carbons (Fsp3) is 0.323. The van der Waals surface area contributed by atoms with Gasteiger partial charge in [0.05, 0.1) is 6.54 Å². The number of carboxylic acid groups (broad SMARTS) is 1. The number of carbonyl (C=O) groups excluding carboxylic acids is 2. The first-order valence-corrected chi connectivity index (χ1v) is 13.1. The van der Waals surface area contributed by atoms with Gasteiger partial charge in [-0.15, -0.1) is 0 Å². The number of amides is 2. The lowest BCUT2D eigenvalue weighted by molar-refractivity contribution is -0.139. The number of fused-ring (bicyclic) bond motifs is 3. The summed E-state index contributed by atoms with van der Waals surface area (Å²) in [5.74, 6) is -0.721. The van der Waals surface area contributed by atoms with E-state index in [0.29, 0.717) is 11.3 Å². The number of carboxylic acids is 1. The van der Waals surface area contributed by atoms with E-state index in [1.165, 1.54) is 0 Å². The van der Waals surface area contributed by atoms with E-state index in [1.54, 1.807) is 45.0 Å². The minimum atomic E-state index is -1.17. The van der Waals surface area contributed by atoms with Crippen LogP contribution < -0.4 is 15.4 Å². The second-order valence-electron chi connectivity index (χ2n) is 10.5. The van der Waals surface area contributed by atoms with Crippen molar-refractivity contribution in [1.82, 2.24) is 10.6 Å². The van der Waals surface area contributed by atoms with Gasteiger partial charge >= 0.3 is 18.2 Å². The van der Waals surface area contributed by atoms with E-state index in [1.807, 2.05) is 48.5 Å². The van der Waals surface area contributed by atoms with Crippen LogP contribution in [0.25, 0.3) is 11.1 Å². The monoisotopic (exact) mass is 546 g/mol. The molecule has 1 atom stereocenters. The number of hydrogen-bond acceptors (Lipinski definition) is 6. The van der Waals surface area contributed by atoms with Crippen LogP contribution in [0.3, 0.4) is 0 Å². The third-order valence-electron chi connectivity index (χ3n) is 6.34. The molecule has 0 spiro atoms. The van der Waals surface area contributed by atoms with Gasteiger partial charge in [-0.3, -0.25) is 0 Å². The highest BCUT2D eigenvalue weighted by molar-refractivity contribution is 5.81. The Morgan fingerprint density at radius 2 is 1.48 bits per heavy atom. The lowest BCUT2D eigenvalue weighted by Gasteiger charge is -2.19. The predicted octanol–water partition coefficient (Wildman–Crippen LogP) is 5.12. The molecule has 0 saturated carbocycles. The Balaban J connectivity index is 1.26. The van der Waals surface area contributed by atoms with Gasteiger partial charge in [0.1, 0.15) is 30.6 Å². The third-order valence-corrected chi connectivity index (χ3v) is 6.34. The molecule has 0 aliphatic heterocycles. The zero-order chi connectivity index (χ0) is 28.7. The first-order chi connectivity index (χ1) is 19.1. The van der Waals surface area contributed by atoms with Gasteiger partial charge in [-0.1, -0.05) is 60.7 Å². The maximum Gasteiger partial charge on any atom is 0.407 e. The number of ether oxygens (including phenoxy) is 3. The number of benzene rings is 3. The molecule has 9 heteroatoms. The molecule has 3 aromatic carbocycles. The average molecular weight is 547 g/mol. The number of hydrogen-bond donors (Lipinski definition) is 3. The second-order valence-corrected chi connectivity index (χ2v) is 10.5. The summed E-state index contributed by atoms with van der Waals surface area (Å²) in [6.07, 6.45) is -1.23. The molecule has 0 bridgehead atoms. The van der Waals surface area contributed by atoms with Crippen molar-refractivity contribution in [3.63, 3.8) is 0 Å². The van der Waals surface area contributed by atoms with Crippen LogP contribution >= 0.6 is 0 Å². The lowest BCUT2D eigenvalue weighted by atomic mass is 9.98. The van der Waals surface area contributed by atoms with Crippen LogP contribution in [0.4, 0.5) is 9.59 Å². The Labute approximate surface area is 233 Å². The van der Waals surface area contributed by atoms with Crippen molar-refractivity contribution in [2.24, 2.45) is 0 Å². The molecule has 9 nitrogen and oxygen atoms in total. The van der Waals surface area contributed by atoms with E-state index in [0.717, 1.165) is 22.3 Å². The van der Waals surface area contributed by atoms with E-state index in [4.69, 9.17) is 14.2 Å². The minimum absolute atomic E-state index is 0.0695. The van der Waals surface area contributed by atoms with Crippen LogP contribution in [-0.4, -0.2) is 54.7 Å². The largest absolute Gasteiger partial charge is 0.492 e. The van der Waals surface area contributed by atoms with Crippen molar-refractivity contribution in [1.29, 1.82) is 0 Å². The standard InChI is InChI=1S/C31H34N2O7/c1-31(2,3)40-29(36)32-16-17-38-21-14-12-20(13-15-21)18-27(28(34)35)33-30(37)39-19-26-24-10-6-4-8-22(24)23-9-5-7-11-25(23)26/h4-15,26-27H,16-19H2,1-3H3,(H,32,36)(H,33,37)(H,34,35)/t27-/m0/s1. The van der Waals surface area contributed by atoms with Gasteiger partial charge in [-0.05, 0) is 60.7 Å². The number of nitrogens with one attached hydrogen (secondary N) is 2. The molecule has 4 rings (SSSR count). The molecule has 0 aromatic heterocycles. The van der Waals surface area contributed by atoms with E-state index in [9.17, 15) is 19.5 Å². The Bertz CT molecular complexity index is 1300. The van der Waals surface area contributed by atoms with Crippen molar-refractivity contribution in [3.8, 4) is 16.9 Å². The summed E-state index contributed by atoms with van der Waals surface area (Å²) in [7, 11) is 0. The first kappa shape index (κ1) is 28.5. The van der Waals surface area contributed by atoms with Crippen molar-refractivity contribution < 1.29 is 33.7 Å². The Morgan fingerprint density at radius 3 is 2.05 bits per heavy atom.